The third-order valence-corrected chi connectivity index (χ3v) is 2.95. The molecule has 0 aliphatic heterocycles. The number of urea groups is 1. The number of aliphatic hydroxyl groups excluding tert-OH is 1. The predicted molar refractivity (Wildman–Crippen MR) is 74.1 cm³/mol. The monoisotopic (exact) mass is 320 g/mol. The molecular weight excluding hydrogens is 301 g/mol. The molecule has 124 valence electrons. The quantitative estimate of drug-likeness (QED) is 0.688. The summed E-state index contributed by atoms with van der Waals surface area (Å²) in [4.78, 5) is 11.6. The van der Waals surface area contributed by atoms with E-state index in [0.717, 1.165) is 6.07 Å². The maximum Gasteiger partial charge on any atom is 0.387 e. The third kappa shape index (κ3) is 6.21. The number of nitrogens with one attached hydrogen (secondary N) is 2. The largest absolute Gasteiger partial charge is 0.434 e. The van der Waals surface area contributed by atoms with E-state index in [1.54, 1.807) is 0 Å². The van der Waals surface area contributed by atoms with Crippen molar-refractivity contribution in [2.75, 3.05) is 13.2 Å². The molecule has 8 heteroatoms. The van der Waals surface area contributed by atoms with Gasteiger partial charge in [-0.3, -0.25) is 0 Å². The van der Waals surface area contributed by atoms with E-state index in [0.29, 0.717) is 13.0 Å². The molecule has 22 heavy (non-hydrogen) atoms. The number of amides is 2. The summed E-state index contributed by atoms with van der Waals surface area (Å²) in [6, 6.07) is 2.98. The van der Waals surface area contributed by atoms with Gasteiger partial charge in [-0.15, -0.1) is 0 Å². The summed E-state index contributed by atoms with van der Waals surface area (Å²) in [5.74, 6) is -0.974. The summed E-state index contributed by atoms with van der Waals surface area (Å²) in [6.45, 7) is -1.15. The average Bonchev–Trinajstić information content (AvgIpc) is 2.44. The molecule has 3 N–H and O–H groups in total. The van der Waals surface area contributed by atoms with Gasteiger partial charge in [-0.1, -0.05) is 13.0 Å². The molecule has 0 aliphatic rings. The molecule has 1 rings (SSSR count). The second-order valence-electron chi connectivity index (χ2n) is 4.78. The zero-order valence-electron chi connectivity index (χ0n) is 12.1. The Labute approximate surface area is 126 Å². The summed E-state index contributed by atoms with van der Waals surface area (Å²) in [6.07, 6.45) is 0.542. The Bertz CT molecular complexity index is 486. The van der Waals surface area contributed by atoms with Gasteiger partial charge in [0.05, 0.1) is 6.54 Å². The third-order valence-electron chi connectivity index (χ3n) is 2.95. The van der Waals surface area contributed by atoms with Crippen molar-refractivity contribution in [2.45, 2.75) is 26.5 Å². The number of halogens is 3. The summed E-state index contributed by atoms with van der Waals surface area (Å²) < 4.78 is 42.4. The standard InChI is InChI=1S/C14H19F3N2O3/c1-9(5-6-20)7-18-14(21)19-8-10-11(15)3-2-4-12(10)22-13(16)17/h2-4,9,13,20H,5-8H2,1H3,(H2,18,19,21). The zero-order chi connectivity index (χ0) is 16.5. The van der Waals surface area contributed by atoms with Crippen molar-refractivity contribution in [1.82, 2.24) is 10.6 Å². The van der Waals surface area contributed by atoms with Crippen LogP contribution in [0.1, 0.15) is 18.9 Å². The highest BCUT2D eigenvalue weighted by molar-refractivity contribution is 5.73. The molecule has 0 aromatic heterocycles. The van der Waals surface area contributed by atoms with Gasteiger partial charge in [-0.05, 0) is 24.5 Å². The SMILES string of the molecule is CC(CCO)CNC(=O)NCc1c(F)cccc1OC(F)F. The fraction of sp³-hybridized carbons (Fsp3) is 0.500. The number of ether oxygens (including phenoxy) is 1. The van der Waals surface area contributed by atoms with E-state index in [-0.39, 0.29) is 30.4 Å². The topological polar surface area (TPSA) is 70.6 Å². The predicted octanol–water partition coefficient (Wildman–Crippen LogP) is 2.24. The van der Waals surface area contributed by atoms with Gasteiger partial charge in [-0.25, -0.2) is 9.18 Å². The van der Waals surface area contributed by atoms with Crippen molar-refractivity contribution >= 4 is 6.03 Å². The molecule has 0 radical (unpaired) electrons. The Balaban J connectivity index is 2.55. The second-order valence-corrected chi connectivity index (χ2v) is 4.78. The van der Waals surface area contributed by atoms with E-state index in [9.17, 15) is 18.0 Å². The maximum atomic E-state index is 13.6. The van der Waals surface area contributed by atoms with E-state index >= 15 is 0 Å². The molecule has 0 fully saturated rings. The lowest BCUT2D eigenvalue weighted by Crippen LogP contribution is -2.37. The van der Waals surface area contributed by atoms with Gasteiger partial charge >= 0.3 is 12.6 Å². The number of carbonyl (C=O) groups is 1. The van der Waals surface area contributed by atoms with Crippen LogP contribution in [0.3, 0.4) is 0 Å². The Kier molecular flexibility index (Phi) is 7.51. The first-order valence-corrected chi connectivity index (χ1v) is 6.78. The second kappa shape index (κ2) is 9.14. The highest BCUT2D eigenvalue weighted by atomic mass is 19.3. The maximum absolute atomic E-state index is 13.6. The Morgan fingerprint density at radius 2 is 2.09 bits per heavy atom. The van der Waals surface area contributed by atoms with Crippen LogP contribution < -0.4 is 15.4 Å². The minimum absolute atomic E-state index is 0.0218. The number of rotatable bonds is 8. The van der Waals surface area contributed by atoms with Crippen LogP contribution in [0.25, 0.3) is 0 Å². The van der Waals surface area contributed by atoms with Crippen LogP contribution in [-0.2, 0) is 6.54 Å². The van der Waals surface area contributed by atoms with Gasteiger partial charge in [0, 0.05) is 18.7 Å². The van der Waals surface area contributed by atoms with E-state index < -0.39 is 18.5 Å². The number of hydrogen-bond donors (Lipinski definition) is 3. The van der Waals surface area contributed by atoms with E-state index in [4.69, 9.17) is 5.11 Å². The molecule has 0 aliphatic carbocycles. The fourth-order valence-corrected chi connectivity index (χ4v) is 1.74. The highest BCUT2D eigenvalue weighted by Crippen LogP contribution is 2.23. The Hall–Kier alpha value is -1.96. The lowest BCUT2D eigenvalue weighted by Gasteiger charge is -2.14. The smallest absolute Gasteiger partial charge is 0.387 e. The molecule has 0 saturated heterocycles. The minimum Gasteiger partial charge on any atom is -0.434 e. The molecule has 1 atom stereocenters. The number of aliphatic hydroxyl groups is 1. The van der Waals surface area contributed by atoms with Gasteiger partial charge in [-0.2, -0.15) is 8.78 Å². The van der Waals surface area contributed by atoms with Crippen LogP contribution in [0.15, 0.2) is 18.2 Å². The molecule has 0 heterocycles. The molecule has 0 spiro atoms. The van der Waals surface area contributed by atoms with Crippen LogP contribution in [-0.4, -0.2) is 30.9 Å². The van der Waals surface area contributed by atoms with Gasteiger partial charge < -0.3 is 20.5 Å². The number of alkyl halides is 2. The van der Waals surface area contributed by atoms with Crippen molar-refractivity contribution in [3.05, 3.63) is 29.6 Å². The zero-order valence-corrected chi connectivity index (χ0v) is 12.1. The highest BCUT2D eigenvalue weighted by Gasteiger charge is 2.14. The molecule has 1 unspecified atom stereocenters. The molecule has 1 aromatic carbocycles. The van der Waals surface area contributed by atoms with Gasteiger partial charge in [0.2, 0.25) is 0 Å². The first-order valence-electron chi connectivity index (χ1n) is 6.78. The van der Waals surface area contributed by atoms with Crippen LogP contribution in [0.5, 0.6) is 5.75 Å². The van der Waals surface area contributed by atoms with Gasteiger partial charge in [0.1, 0.15) is 11.6 Å². The molecule has 1 aromatic rings. The normalized spacial score (nSPS) is 12.1. The number of hydrogen-bond acceptors (Lipinski definition) is 3. The van der Waals surface area contributed by atoms with Crippen molar-refractivity contribution in [1.29, 1.82) is 0 Å². The first kappa shape index (κ1) is 18.1. The van der Waals surface area contributed by atoms with E-state index in [1.165, 1.54) is 12.1 Å². The molecule has 2 amide bonds. The van der Waals surface area contributed by atoms with Crippen LogP contribution in [0.2, 0.25) is 0 Å². The van der Waals surface area contributed by atoms with E-state index in [1.807, 2.05) is 6.92 Å². The van der Waals surface area contributed by atoms with Crippen LogP contribution in [0, 0.1) is 11.7 Å². The van der Waals surface area contributed by atoms with Crippen molar-refractivity contribution in [2.24, 2.45) is 5.92 Å². The number of benzene rings is 1. The molecule has 0 saturated carbocycles. The van der Waals surface area contributed by atoms with Crippen molar-refractivity contribution < 1.29 is 27.8 Å². The van der Waals surface area contributed by atoms with Crippen molar-refractivity contribution in [3.8, 4) is 5.75 Å². The summed E-state index contributed by atoms with van der Waals surface area (Å²) in [5, 5.41) is 13.7. The molecular formula is C14H19F3N2O3. The summed E-state index contributed by atoms with van der Waals surface area (Å²) in [5.41, 5.74) is -0.152. The van der Waals surface area contributed by atoms with Crippen LogP contribution >= 0.6 is 0 Å². The fourth-order valence-electron chi connectivity index (χ4n) is 1.74. The Morgan fingerprint density at radius 3 is 2.73 bits per heavy atom. The first-order chi connectivity index (χ1) is 10.4. The lowest BCUT2D eigenvalue weighted by atomic mass is 10.1. The lowest BCUT2D eigenvalue weighted by molar-refractivity contribution is -0.0506. The average molecular weight is 320 g/mol. The summed E-state index contributed by atoms with van der Waals surface area (Å²) in [7, 11) is 0. The number of carbonyl (C=O) groups excluding carboxylic acids is 1. The van der Waals surface area contributed by atoms with Crippen molar-refractivity contribution in [3.63, 3.8) is 0 Å². The minimum atomic E-state index is -3.08. The van der Waals surface area contributed by atoms with Gasteiger partial charge in [0.15, 0.2) is 0 Å². The van der Waals surface area contributed by atoms with Gasteiger partial charge in [0.25, 0.3) is 0 Å². The van der Waals surface area contributed by atoms with E-state index in [2.05, 4.69) is 15.4 Å². The molecule has 0 bridgehead atoms. The summed E-state index contributed by atoms with van der Waals surface area (Å²) >= 11 is 0. The van der Waals surface area contributed by atoms with Crippen LogP contribution in [0.4, 0.5) is 18.0 Å². The molecule has 5 nitrogen and oxygen atoms in total. The Morgan fingerprint density at radius 1 is 1.36 bits per heavy atom.